The zero-order chi connectivity index (χ0) is 20.8. The third-order valence-electron chi connectivity index (χ3n) is 6.00. The quantitative estimate of drug-likeness (QED) is 0.583. The van der Waals surface area contributed by atoms with E-state index in [0.29, 0.717) is 11.8 Å². The van der Waals surface area contributed by atoms with Crippen LogP contribution in [0.25, 0.3) is 0 Å². The average Bonchev–Trinajstić information content (AvgIpc) is 3.48. The molecule has 4 rings (SSSR count). The van der Waals surface area contributed by atoms with Crippen LogP contribution in [0.4, 0.5) is 0 Å². The van der Waals surface area contributed by atoms with Crippen molar-refractivity contribution in [2.75, 3.05) is 40.3 Å². The van der Waals surface area contributed by atoms with Gasteiger partial charge in [-0.05, 0) is 62.2 Å². The van der Waals surface area contributed by atoms with Crippen molar-refractivity contribution in [3.63, 3.8) is 0 Å². The molecule has 0 amide bonds. The lowest BCUT2D eigenvalue weighted by molar-refractivity contribution is 0.249. The molecule has 6 nitrogen and oxygen atoms in total. The molecule has 0 radical (unpaired) electrons. The van der Waals surface area contributed by atoms with Crippen LogP contribution in [-0.2, 0) is 6.54 Å². The van der Waals surface area contributed by atoms with Crippen LogP contribution in [0.2, 0.25) is 0 Å². The lowest BCUT2D eigenvalue weighted by Gasteiger charge is -2.25. The number of methoxy groups -OCH3 is 1. The van der Waals surface area contributed by atoms with Gasteiger partial charge in [0, 0.05) is 32.7 Å². The third kappa shape index (κ3) is 4.87. The maximum absolute atomic E-state index is 5.96. The van der Waals surface area contributed by atoms with Gasteiger partial charge >= 0.3 is 0 Å². The lowest BCUT2D eigenvalue weighted by atomic mass is 10.2. The number of hydrogen-bond donors (Lipinski definition) is 1. The largest absolute Gasteiger partial charge is 0.493 e. The summed E-state index contributed by atoms with van der Waals surface area (Å²) in [6.45, 7) is 5.41. The Bertz CT molecular complexity index is 847. The van der Waals surface area contributed by atoms with Crippen LogP contribution in [0.5, 0.6) is 17.2 Å². The fraction of sp³-hybridized carbons (Fsp3) is 0.458. The Balaban J connectivity index is 1.30. The van der Waals surface area contributed by atoms with Gasteiger partial charge in [-0.2, -0.15) is 0 Å². The molecule has 1 atom stereocenters. The van der Waals surface area contributed by atoms with Crippen molar-refractivity contribution in [3.8, 4) is 17.2 Å². The van der Waals surface area contributed by atoms with E-state index in [9.17, 15) is 0 Å². The summed E-state index contributed by atoms with van der Waals surface area (Å²) in [5.41, 5.74) is 1.19. The van der Waals surface area contributed by atoms with E-state index < -0.39 is 0 Å². The molecule has 0 bridgehead atoms. The van der Waals surface area contributed by atoms with E-state index in [1.165, 1.54) is 37.9 Å². The molecule has 2 heterocycles. The van der Waals surface area contributed by atoms with Crippen molar-refractivity contribution in [2.24, 2.45) is 4.99 Å². The first-order chi connectivity index (χ1) is 14.8. The molecular formula is C24H32N4O2. The van der Waals surface area contributed by atoms with Crippen molar-refractivity contribution in [3.05, 3.63) is 54.1 Å². The molecule has 0 spiro atoms. The van der Waals surface area contributed by atoms with Crippen molar-refractivity contribution < 1.29 is 9.47 Å². The Kier molecular flexibility index (Phi) is 6.74. The standard InChI is InChI=1S/C24H32N4O2/c1-25-24(28-16-13-20(18-28)27-14-5-6-15-27)26-17-19-9-11-21(12-10-19)30-23-8-4-3-7-22(23)29-2/h3-4,7-12,20H,5-6,13-18H2,1-2H3,(H,25,26). The summed E-state index contributed by atoms with van der Waals surface area (Å²) in [7, 11) is 3.52. The van der Waals surface area contributed by atoms with Gasteiger partial charge in [0.25, 0.3) is 0 Å². The normalized spacial score (nSPS) is 19.9. The number of guanidine groups is 1. The highest BCUT2D eigenvalue weighted by Crippen LogP contribution is 2.30. The second-order valence-corrected chi connectivity index (χ2v) is 7.93. The second kappa shape index (κ2) is 9.85. The zero-order valence-corrected chi connectivity index (χ0v) is 18.0. The molecule has 30 heavy (non-hydrogen) atoms. The van der Waals surface area contributed by atoms with E-state index in [1.54, 1.807) is 7.11 Å². The highest BCUT2D eigenvalue weighted by Gasteiger charge is 2.30. The molecule has 2 fully saturated rings. The van der Waals surface area contributed by atoms with Crippen LogP contribution in [0, 0.1) is 0 Å². The Labute approximate surface area is 179 Å². The van der Waals surface area contributed by atoms with E-state index in [2.05, 4.69) is 32.2 Å². The van der Waals surface area contributed by atoms with Crippen molar-refractivity contribution in [1.82, 2.24) is 15.1 Å². The number of rotatable bonds is 6. The van der Waals surface area contributed by atoms with E-state index in [0.717, 1.165) is 37.1 Å². The van der Waals surface area contributed by atoms with Gasteiger partial charge < -0.3 is 19.7 Å². The minimum atomic E-state index is 0.678. The maximum Gasteiger partial charge on any atom is 0.193 e. The molecule has 0 saturated carbocycles. The van der Waals surface area contributed by atoms with Gasteiger partial charge in [0.05, 0.1) is 7.11 Å². The predicted octanol–water partition coefficient (Wildman–Crippen LogP) is 3.73. The first kappa shape index (κ1) is 20.5. The second-order valence-electron chi connectivity index (χ2n) is 7.93. The molecule has 6 heteroatoms. The summed E-state index contributed by atoms with van der Waals surface area (Å²) in [5, 5.41) is 3.52. The topological polar surface area (TPSA) is 49.3 Å². The van der Waals surface area contributed by atoms with Crippen LogP contribution in [0.3, 0.4) is 0 Å². The van der Waals surface area contributed by atoms with E-state index in [4.69, 9.17) is 9.47 Å². The number of nitrogens with zero attached hydrogens (tertiary/aromatic N) is 3. The molecule has 2 aromatic rings. The fourth-order valence-corrected chi connectivity index (χ4v) is 4.36. The molecule has 160 valence electrons. The van der Waals surface area contributed by atoms with Gasteiger partial charge in [0.2, 0.25) is 0 Å². The first-order valence-corrected chi connectivity index (χ1v) is 10.9. The molecule has 2 aromatic carbocycles. The summed E-state index contributed by atoms with van der Waals surface area (Å²) in [6.07, 6.45) is 3.93. The van der Waals surface area contributed by atoms with E-state index >= 15 is 0 Å². The molecular weight excluding hydrogens is 376 g/mol. The number of para-hydroxylation sites is 2. The summed E-state index contributed by atoms with van der Waals surface area (Å²) in [4.78, 5) is 9.55. The van der Waals surface area contributed by atoms with Crippen molar-refractivity contribution in [1.29, 1.82) is 0 Å². The number of benzene rings is 2. The molecule has 2 saturated heterocycles. The highest BCUT2D eigenvalue weighted by molar-refractivity contribution is 5.80. The minimum absolute atomic E-state index is 0.678. The summed E-state index contributed by atoms with van der Waals surface area (Å²) < 4.78 is 11.3. The van der Waals surface area contributed by atoms with Gasteiger partial charge in [-0.3, -0.25) is 9.89 Å². The van der Waals surface area contributed by atoms with Crippen LogP contribution >= 0.6 is 0 Å². The van der Waals surface area contributed by atoms with Gasteiger partial charge in [-0.25, -0.2) is 0 Å². The number of hydrogen-bond acceptors (Lipinski definition) is 4. The van der Waals surface area contributed by atoms with Crippen LogP contribution in [-0.4, -0.2) is 62.1 Å². The maximum atomic E-state index is 5.96. The fourth-order valence-electron chi connectivity index (χ4n) is 4.36. The smallest absolute Gasteiger partial charge is 0.193 e. The molecule has 1 N–H and O–H groups in total. The minimum Gasteiger partial charge on any atom is -0.493 e. The van der Waals surface area contributed by atoms with E-state index in [1.807, 2.05) is 43.4 Å². The Morgan fingerprint density at radius 3 is 2.47 bits per heavy atom. The number of aliphatic imine (C=N–C) groups is 1. The van der Waals surface area contributed by atoms with E-state index in [-0.39, 0.29) is 0 Å². The number of nitrogens with one attached hydrogen (secondary N) is 1. The SMILES string of the molecule is CN=C(NCc1ccc(Oc2ccccc2OC)cc1)N1CCC(N2CCCC2)C1. The molecule has 0 aliphatic carbocycles. The average molecular weight is 409 g/mol. The predicted molar refractivity (Wildman–Crippen MR) is 120 cm³/mol. The zero-order valence-electron chi connectivity index (χ0n) is 18.0. The van der Waals surface area contributed by atoms with Crippen molar-refractivity contribution in [2.45, 2.75) is 31.8 Å². The lowest BCUT2D eigenvalue weighted by Crippen LogP contribution is -2.42. The van der Waals surface area contributed by atoms with Crippen LogP contribution in [0.15, 0.2) is 53.5 Å². The van der Waals surface area contributed by atoms with Crippen LogP contribution < -0.4 is 14.8 Å². The third-order valence-corrected chi connectivity index (χ3v) is 6.00. The van der Waals surface area contributed by atoms with Gasteiger partial charge in [0.1, 0.15) is 5.75 Å². The molecule has 0 aromatic heterocycles. The summed E-state index contributed by atoms with van der Waals surface area (Å²) in [5.74, 6) is 3.23. The first-order valence-electron chi connectivity index (χ1n) is 10.9. The Hall–Kier alpha value is -2.73. The molecule has 2 aliphatic heterocycles. The monoisotopic (exact) mass is 408 g/mol. The molecule has 2 aliphatic rings. The Morgan fingerprint density at radius 2 is 1.77 bits per heavy atom. The molecule has 1 unspecified atom stereocenters. The van der Waals surface area contributed by atoms with Gasteiger partial charge in [-0.15, -0.1) is 0 Å². The number of ether oxygens (including phenoxy) is 2. The van der Waals surface area contributed by atoms with Gasteiger partial charge in [0.15, 0.2) is 17.5 Å². The Morgan fingerprint density at radius 1 is 1.03 bits per heavy atom. The number of likely N-dealkylation sites (tertiary alicyclic amines) is 2. The van der Waals surface area contributed by atoms with Crippen molar-refractivity contribution >= 4 is 5.96 Å². The van der Waals surface area contributed by atoms with Gasteiger partial charge in [-0.1, -0.05) is 24.3 Å². The summed E-state index contributed by atoms with van der Waals surface area (Å²) in [6, 6.07) is 16.5. The summed E-state index contributed by atoms with van der Waals surface area (Å²) >= 11 is 0. The highest BCUT2D eigenvalue weighted by atomic mass is 16.5. The van der Waals surface area contributed by atoms with Crippen LogP contribution in [0.1, 0.15) is 24.8 Å².